The minimum absolute atomic E-state index is 0.0371. The molecule has 0 bridgehead atoms. The molecule has 0 saturated heterocycles. The van der Waals surface area contributed by atoms with E-state index in [-0.39, 0.29) is 13.0 Å². The van der Waals surface area contributed by atoms with Crippen molar-refractivity contribution in [3.63, 3.8) is 0 Å². The summed E-state index contributed by atoms with van der Waals surface area (Å²) >= 11 is 0. The van der Waals surface area contributed by atoms with Crippen molar-refractivity contribution < 1.29 is 4.39 Å². The zero-order valence-corrected chi connectivity index (χ0v) is 11.0. The van der Waals surface area contributed by atoms with E-state index in [0.29, 0.717) is 18.2 Å². The summed E-state index contributed by atoms with van der Waals surface area (Å²) in [4.78, 5) is 4.14. The SMILES string of the molecule is CCCC(F)(CN)Cc1ncnn1CC(C)C. The Balaban J connectivity index is 2.76. The molecule has 0 aliphatic rings. The van der Waals surface area contributed by atoms with Crippen molar-refractivity contribution in [2.24, 2.45) is 11.7 Å². The van der Waals surface area contributed by atoms with Crippen LogP contribution >= 0.6 is 0 Å². The Morgan fingerprint density at radius 2 is 2.24 bits per heavy atom. The molecule has 5 heteroatoms. The predicted octanol–water partition coefficient (Wildman–Crippen LogP) is 1.94. The van der Waals surface area contributed by atoms with E-state index in [1.54, 1.807) is 4.68 Å². The van der Waals surface area contributed by atoms with Gasteiger partial charge in [-0.05, 0) is 12.3 Å². The number of nitrogens with two attached hydrogens (primary N) is 1. The van der Waals surface area contributed by atoms with Gasteiger partial charge in [0.25, 0.3) is 0 Å². The third-order valence-corrected chi connectivity index (χ3v) is 2.77. The molecule has 4 nitrogen and oxygen atoms in total. The van der Waals surface area contributed by atoms with Crippen LogP contribution in [0.4, 0.5) is 4.39 Å². The standard InChI is InChI=1S/C12H23FN4/c1-4-5-12(13,8-14)6-11-15-9-16-17(11)7-10(2)3/h9-10H,4-8,14H2,1-3H3. The summed E-state index contributed by atoms with van der Waals surface area (Å²) < 4.78 is 16.2. The van der Waals surface area contributed by atoms with E-state index < -0.39 is 5.67 Å². The van der Waals surface area contributed by atoms with E-state index in [4.69, 9.17) is 5.73 Å². The van der Waals surface area contributed by atoms with E-state index in [1.807, 2.05) is 6.92 Å². The van der Waals surface area contributed by atoms with Crippen LogP contribution in [0, 0.1) is 5.92 Å². The first-order chi connectivity index (χ1) is 8.00. The first kappa shape index (κ1) is 14.1. The van der Waals surface area contributed by atoms with Crippen molar-refractivity contribution in [1.29, 1.82) is 0 Å². The van der Waals surface area contributed by atoms with Crippen molar-refractivity contribution >= 4 is 0 Å². The fourth-order valence-electron chi connectivity index (χ4n) is 1.92. The predicted molar refractivity (Wildman–Crippen MR) is 66.4 cm³/mol. The van der Waals surface area contributed by atoms with E-state index >= 15 is 0 Å². The normalized spacial score (nSPS) is 15.2. The maximum atomic E-state index is 14.4. The lowest BCUT2D eigenvalue weighted by Crippen LogP contribution is -2.36. The molecule has 0 radical (unpaired) electrons. The van der Waals surface area contributed by atoms with Gasteiger partial charge in [0.05, 0.1) is 0 Å². The number of aromatic nitrogens is 3. The second kappa shape index (κ2) is 6.10. The van der Waals surface area contributed by atoms with Crippen LogP contribution in [-0.4, -0.2) is 27.0 Å². The average Bonchev–Trinajstić information content (AvgIpc) is 2.65. The Kier molecular flexibility index (Phi) is 5.05. The van der Waals surface area contributed by atoms with Crippen LogP contribution in [0.5, 0.6) is 0 Å². The highest BCUT2D eigenvalue weighted by Crippen LogP contribution is 2.22. The Morgan fingerprint density at radius 3 is 2.76 bits per heavy atom. The Labute approximate surface area is 102 Å². The summed E-state index contributed by atoms with van der Waals surface area (Å²) in [6, 6.07) is 0. The van der Waals surface area contributed by atoms with Gasteiger partial charge in [-0.3, -0.25) is 0 Å². The zero-order chi connectivity index (χ0) is 12.9. The molecule has 1 rings (SSSR count). The second-order valence-corrected chi connectivity index (χ2v) is 5.03. The van der Waals surface area contributed by atoms with Crippen LogP contribution in [0.15, 0.2) is 6.33 Å². The molecule has 98 valence electrons. The van der Waals surface area contributed by atoms with Crippen LogP contribution in [0.1, 0.15) is 39.4 Å². The van der Waals surface area contributed by atoms with E-state index in [1.165, 1.54) is 6.33 Å². The number of alkyl halides is 1. The van der Waals surface area contributed by atoms with E-state index in [2.05, 4.69) is 23.9 Å². The van der Waals surface area contributed by atoms with Gasteiger partial charge >= 0.3 is 0 Å². The number of nitrogens with zero attached hydrogens (tertiary/aromatic N) is 3. The average molecular weight is 242 g/mol. The summed E-state index contributed by atoms with van der Waals surface area (Å²) in [6.07, 6.45) is 2.99. The zero-order valence-electron chi connectivity index (χ0n) is 11.0. The minimum atomic E-state index is -1.35. The summed E-state index contributed by atoms with van der Waals surface area (Å²) in [5, 5.41) is 4.13. The highest BCUT2D eigenvalue weighted by molar-refractivity contribution is 4.95. The Bertz CT molecular complexity index is 337. The molecule has 0 saturated carbocycles. The van der Waals surface area contributed by atoms with Gasteiger partial charge in [-0.2, -0.15) is 5.10 Å². The van der Waals surface area contributed by atoms with Crippen molar-refractivity contribution in [1.82, 2.24) is 14.8 Å². The monoisotopic (exact) mass is 242 g/mol. The molecule has 0 aliphatic heterocycles. The lowest BCUT2D eigenvalue weighted by molar-refractivity contribution is 0.152. The lowest BCUT2D eigenvalue weighted by atomic mass is 9.96. The number of hydrogen-bond donors (Lipinski definition) is 1. The van der Waals surface area contributed by atoms with Crippen molar-refractivity contribution in [2.45, 2.75) is 52.2 Å². The fraction of sp³-hybridized carbons (Fsp3) is 0.833. The molecule has 0 fully saturated rings. The van der Waals surface area contributed by atoms with Gasteiger partial charge in [0.15, 0.2) is 0 Å². The van der Waals surface area contributed by atoms with Gasteiger partial charge in [0.2, 0.25) is 0 Å². The Morgan fingerprint density at radius 1 is 1.53 bits per heavy atom. The van der Waals surface area contributed by atoms with E-state index in [0.717, 1.165) is 13.0 Å². The smallest absolute Gasteiger partial charge is 0.138 e. The van der Waals surface area contributed by atoms with Crippen LogP contribution in [0.2, 0.25) is 0 Å². The minimum Gasteiger partial charge on any atom is -0.328 e. The van der Waals surface area contributed by atoms with Crippen molar-refractivity contribution in [3.8, 4) is 0 Å². The molecule has 1 unspecified atom stereocenters. The number of hydrogen-bond acceptors (Lipinski definition) is 3. The summed E-state index contributed by atoms with van der Waals surface area (Å²) in [5.74, 6) is 1.16. The van der Waals surface area contributed by atoms with Crippen molar-refractivity contribution in [3.05, 3.63) is 12.2 Å². The van der Waals surface area contributed by atoms with Gasteiger partial charge < -0.3 is 5.73 Å². The molecule has 1 atom stereocenters. The van der Waals surface area contributed by atoms with Gasteiger partial charge in [-0.1, -0.05) is 27.2 Å². The highest BCUT2D eigenvalue weighted by Gasteiger charge is 2.29. The van der Waals surface area contributed by atoms with Crippen LogP contribution in [0.25, 0.3) is 0 Å². The quantitative estimate of drug-likeness (QED) is 0.795. The summed E-state index contributed by atoms with van der Waals surface area (Å²) in [6.45, 7) is 6.96. The first-order valence-corrected chi connectivity index (χ1v) is 6.26. The second-order valence-electron chi connectivity index (χ2n) is 5.03. The first-order valence-electron chi connectivity index (χ1n) is 6.26. The molecule has 1 heterocycles. The maximum absolute atomic E-state index is 14.4. The molecular formula is C12H23FN4. The van der Waals surface area contributed by atoms with E-state index in [9.17, 15) is 4.39 Å². The van der Waals surface area contributed by atoms with Gasteiger partial charge in [0, 0.05) is 19.5 Å². The molecule has 17 heavy (non-hydrogen) atoms. The van der Waals surface area contributed by atoms with Gasteiger partial charge in [-0.25, -0.2) is 14.1 Å². The summed E-state index contributed by atoms with van der Waals surface area (Å²) in [5.41, 5.74) is 4.18. The third-order valence-electron chi connectivity index (χ3n) is 2.77. The maximum Gasteiger partial charge on any atom is 0.138 e. The van der Waals surface area contributed by atoms with Gasteiger partial charge in [0.1, 0.15) is 17.8 Å². The Hall–Kier alpha value is -0.970. The molecular weight excluding hydrogens is 219 g/mol. The molecule has 1 aromatic heterocycles. The van der Waals surface area contributed by atoms with Crippen molar-refractivity contribution in [2.75, 3.05) is 6.54 Å². The van der Waals surface area contributed by atoms with Crippen LogP contribution in [-0.2, 0) is 13.0 Å². The van der Waals surface area contributed by atoms with Gasteiger partial charge in [-0.15, -0.1) is 0 Å². The molecule has 0 aliphatic carbocycles. The largest absolute Gasteiger partial charge is 0.328 e. The summed E-state index contributed by atoms with van der Waals surface area (Å²) in [7, 11) is 0. The highest BCUT2D eigenvalue weighted by atomic mass is 19.1. The molecule has 2 N–H and O–H groups in total. The van der Waals surface area contributed by atoms with Crippen LogP contribution in [0.3, 0.4) is 0 Å². The molecule has 1 aromatic rings. The molecule has 0 amide bonds. The lowest BCUT2D eigenvalue weighted by Gasteiger charge is -2.22. The third kappa shape index (κ3) is 4.07. The molecule has 0 aromatic carbocycles. The number of halogens is 1. The fourth-order valence-corrected chi connectivity index (χ4v) is 1.92. The van der Waals surface area contributed by atoms with Crippen LogP contribution < -0.4 is 5.73 Å². The molecule has 0 spiro atoms. The topological polar surface area (TPSA) is 56.7 Å². The number of rotatable bonds is 7.